The molecule has 4 atom stereocenters. The number of hydrogen-bond acceptors (Lipinski definition) is 13. The fourth-order valence-corrected chi connectivity index (χ4v) is 5.83. The van der Waals surface area contributed by atoms with Crippen molar-refractivity contribution in [2.45, 2.75) is 18.8 Å². The molecule has 32 heavy (non-hydrogen) atoms. The van der Waals surface area contributed by atoms with Crippen molar-refractivity contribution in [3.05, 3.63) is 22.7 Å². The van der Waals surface area contributed by atoms with E-state index in [9.17, 15) is 28.3 Å². The van der Waals surface area contributed by atoms with E-state index in [0.29, 0.717) is 0 Å². The molecular weight excluding hydrogens is 539 g/mol. The maximum absolute atomic E-state index is 12.0. The van der Waals surface area contributed by atoms with Gasteiger partial charge in [-0.25, -0.2) is 18.5 Å². The first-order chi connectivity index (χ1) is 14.7. The van der Waals surface area contributed by atoms with Crippen LogP contribution in [-0.2, 0) is 42.9 Å². The maximum Gasteiger partial charge on any atom is 0.490 e. The lowest BCUT2D eigenvalue weighted by Gasteiger charge is -2.27. The number of ether oxygens (including phenoxy) is 2. The number of nitrogen functional groups attached to an aromatic ring is 1. The zero-order chi connectivity index (χ0) is 24.6. The average molecular weight is 561 g/mol. The maximum atomic E-state index is 12.0. The minimum absolute atomic E-state index is 0.00222. The Morgan fingerprint density at radius 3 is 2.34 bits per heavy atom. The average Bonchev–Trinajstić information content (AvgIpc) is 2.61. The van der Waals surface area contributed by atoms with Gasteiger partial charge in [0.25, 0.3) is 0 Å². The smallest absolute Gasteiger partial charge is 0.383 e. The number of rotatable bonds is 15. The van der Waals surface area contributed by atoms with Crippen molar-refractivity contribution in [2.75, 3.05) is 31.6 Å². The topological polar surface area (TPSA) is 239 Å². The van der Waals surface area contributed by atoms with E-state index in [1.807, 2.05) is 0 Å². The first-order valence-corrected chi connectivity index (χ1v) is 15.3. The Morgan fingerprint density at radius 2 is 1.81 bits per heavy atom. The van der Waals surface area contributed by atoms with E-state index in [1.54, 1.807) is 6.26 Å². The molecule has 0 aromatic carbocycles. The summed E-state index contributed by atoms with van der Waals surface area (Å²) >= 11 is 0. The molecule has 186 valence electrons. The summed E-state index contributed by atoms with van der Waals surface area (Å²) in [7, 11) is -12.6. The molecule has 0 spiro atoms. The minimum Gasteiger partial charge on any atom is -0.383 e. The summed E-state index contributed by atoms with van der Waals surface area (Å²) in [5.74, 6) is 0.121. The van der Waals surface area contributed by atoms with Crippen LogP contribution >= 0.6 is 45.1 Å². The second kappa shape index (κ2) is 13.0. The van der Waals surface area contributed by atoms with Crippen LogP contribution in [0.25, 0.3) is 0 Å². The molecule has 0 amide bonds. The second-order valence-electron chi connectivity index (χ2n) is 5.56. The van der Waals surface area contributed by atoms with E-state index in [1.165, 1.54) is 41.0 Å². The summed E-state index contributed by atoms with van der Waals surface area (Å²) in [5, 5.41) is 0. The van der Waals surface area contributed by atoms with Crippen LogP contribution in [0.1, 0.15) is 0 Å². The Kier molecular flexibility index (Phi) is 12.1. The lowest BCUT2D eigenvalue weighted by atomic mass is 10.2. The van der Waals surface area contributed by atoms with E-state index in [2.05, 4.69) is 18.1 Å². The van der Waals surface area contributed by atoms with Crippen LogP contribution in [0, 0.1) is 0 Å². The molecule has 21 heteroatoms. The highest BCUT2D eigenvalue weighted by atomic mass is 33.1. The number of phosphoric acid groups is 3. The van der Waals surface area contributed by atoms with Gasteiger partial charge >= 0.3 is 29.2 Å². The van der Waals surface area contributed by atoms with Gasteiger partial charge in [0.1, 0.15) is 24.0 Å². The fraction of sp³-hybridized carbons (Fsp3) is 0.636. The molecule has 0 saturated heterocycles. The third kappa shape index (κ3) is 11.7. The molecule has 6 N–H and O–H groups in total. The third-order valence-corrected chi connectivity index (χ3v) is 8.52. The molecule has 1 heterocycles. The Labute approximate surface area is 189 Å². The normalized spacial score (nSPS) is 17.9. The van der Waals surface area contributed by atoms with Crippen molar-refractivity contribution in [3.63, 3.8) is 0 Å². The predicted molar refractivity (Wildman–Crippen MR) is 114 cm³/mol. The highest BCUT2D eigenvalue weighted by Gasteiger charge is 2.41. The predicted octanol–water partition coefficient (Wildman–Crippen LogP) is 0.538. The third-order valence-electron chi connectivity index (χ3n) is 3.26. The van der Waals surface area contributed by atoms with Crippen LogP contribution in [-0.4, -0.2) is 67.2 Å². The molecule has 1 aromatic rings. The van der Waals surface area contributed by atoms with E-state index >= 15 is 0 Å². The summed E-state index contributed by atoms with van der Waals surface area (Å²) in [6, 6.07) is 1.36. The molecule has 0 saturated carbocycles. The summed E-state index contributed by atoms with van der Waals surface area (Å²) in [5.41, 5.74) is 4.75. The quantitative estimate of drug-likeness (QED) is 0.0849. The fourth-order valence-electron chi connectivity index (χ4n) is 2.01. The van der Waals surface area contributed by atoms with Gasteiger partial charge in [-0.15, -0.1) is 0 Å². The minimum atomic E-state index is -5.66. The van der Waals surface area contributed by atoms with Crippen molar-refractivity contribution < 1.29 is 55.9 Å². The molecule has 1 aromatic heterocycles. The molecule has 0 aliphatic carbocycles. The van der Waals surface area contributed by atoms with Gasteiger partial charge in [-0.05, 0) is 12.3 Å². The zero-order valence-electron chi connectivity index (χ0n) is 16.5. The standard InChI is InChI=1S/C11H22N3O13P3S2/c1-23-9(6-25-29(19,20)27-30(21,22)26-28(16,17)18)8(24-7-32-31-2)5-14-4-3-10(12)13-11(14)15/h3-4,8-9H,5-7H2,1-2H3,(H,19,20)(H,21,22)(H2,12,13,15)(H2,16,17,18)/t8-,9+/m0/s1. The number of anilines is 1. The van der Waals surface area contributed by atoms with Crippen molar-refractivity contribution in [1.29, 1.82) is 0 Å². The number of nitrogens with zero attached hydrogens (tertiary/aromatic N) is 2. The number of nitrogens with two attached hydrogens (primary N) is 1. The monoisotopic (exact) mass is 561 g/mol. The largest absolute Gasteiger partial charge is 0.490 e. The molecule has 0 fully saturated rings. The molecule has 1 rings (SSSR count). The van der Waals surface area contributed by atoms with Gasteiger partial charge in [-0.3, -0.25) is 9.09 Å². The zero-order valence-corrected chi connectivity index (χ0v) is 20.8. The van der Waals surface area contributed by atoms with Crippen LogP contribution < -0.4 is 11.4 Å². The number of aromatic nitrogens is 2. The van der Waals surface area contributed by atoms with Crippen LogP contribution in [0.5, 0.6) is 0 Å². The number of methoxy groups -OCH3 is 1. The molecule has 16 nitrogen and oxygen atoms in total. The van der Waals surface area contributed by atoms with Gasteiger partial charge in [0, 0.05) is 13.3 Å². The molecule has 0 aliphatic rings. The van der Waals surface area contributed by atoms with Gasteiger partial charge in [0.15, 0.2) is 0 Å². The van der Waals surface area contributed by atoms with Gasteiger partial charge in [0.05, 0.1) is 13.2 Å². The van der Waals surface area contributed by atoms with E-state index < -0.39 is 48.0 Å². The van der Waals surface area contributed by atoms with Crippen molar-refractivity contribution >= 4 is 50.9 Å². The van der Waals surface area contributed by atoms with Gasteiger partial charge in [-0.1, -0.05) is 21.6 Å². The number of phosphoric ester groups is 1. The Morgan fingerprint density at radius 1 is 1.16 bits per heavy atom. The van der Waals surface area contributed by atoms with Crippen LogP contribution in [0.4, 0.5) is 5.82 Å². The van der Waals surface area contributed by atoms with Gasteiger partial charge in [-0.2, -0.15) is 13.6 Å². The lowest BCUT2D eigenvalue weighted by Crippen LogP contribution is -2.40. The van der Waals surface area contributed by atoms with Crippen LogP contribution in [0.15, 0.2) is 17.1 Å². The van der Waals surface area contributed by atoms with Crippen LogP contribution in [0.2, 0.25) is 0 Å². The summed E-state index contributed by atoms with van der Waals surface area (Å²) in [4.78, 5) is 51.5. The van der Waals surface area contributed by atoms with Gasteiger partial charge < -0.3 is 34.8 Å². The summed E-state index contributed by atoms with van der Waals surface area (Å²) in [6.45, 7) is -0.898. The first-order valence-electron chi connectivity index (χ1n) is 8.09. The van der Waals surface area contributed by atoms with Crippen molar-refractivity contribution in [3.8, 4) is 0 Å². The van der Waals surface area contributed by atoms with Crippen molar-refractivity contribution in [1.82, 2.24) is 9.55 Å². The lowest BCUT2D eigenvalue weighted by molar-refractivity contribution is -0.0692. The molecule has 2 unspecified atom stereocenters. The van der Waals surface area contributed by atoms with E-state index in [0.717, 1.165) is 4.57 Å². The van der Waals surface area contributed by atoms with Crippen molar-refractivity contribution in [2.24, 2.45) is 0 Å². The molecule has 0 bridgehead atoms. The van der Waals surface area contributed by atoms with E-state index in [4.69, 9.17) is 25.0 Å². The Bertz CT molecular complexity index is 943. The highest BCUT2D eigenvalue weighted by molar-refractivity contribution is 8.76. The SMILES string of the molecule is CO[C@H](COP(=O)(O)OP(=O)(O)OP(=O)(O)O)[C@H](Cn1ccc(N)nc1=O)OCSSC. The summed E-state index contributed by atoms with van der Waals surface area (Å²) in [6.07, 6.45) is 1.07. The molecule has 0 aliphatic heterocycles. The Balaban J connectivity index is 2.93. The summed E-state index contributed by atoms with van der Waals surface area (Å²) < 4.78 is 57.9. The highest BCUT2D eigenvalue weighted by Crippen LogP contribution is 2.66. The number of hydrogen-bond donors (Lipinski definition) is 5. The first kappa shape index (κ1) is 29.7. The van der Waals surface area contributed by atoms with Gasteiger partial charge in [0.2, 0.25) is 0 Å². The molecule has 0 radical (unpaired) electrons. The Hall–Kier alpha value is -0.290. The van der Waals surface area contributed by atoms with Crippen LogP contribution in [0.3, 0.4) is 0 Å². The molecular formula is C11H22N3O13P3S2. The van der Waals surface area contributed by atoms with E-state index in [-0.39, 0.29) is 18.3 Å². The second-order valence-corrected chi connectivity index (χ2v) is 12.5.